The summed E-state index contributed by atoms with van der Waals surface area (Å²) in [6.07, 6.45) is 2.82. The molecule has 0 amide bonds. The summed E-state index contributed by atoms with van der Waals surface area (Å²) >= 11 is 0. The average molecular weight is 310 g/mol. The Hall–Kier alpha value is -0.910. The third-order valence-electron chi connectivity index (χ3n) is 4.44. The number of aryl methyl sites for hydroxylation is 1. The Morgan fingerprint density at radius 2 is 2.05 bits per heavy atom. The van der Waals surface area contributed by atoms with Crippen LogP contribution in [0.3, 0.4) is 0 Å². The largest absolute Gasteiger partial charge is 0.316 e. The van der Waals surface area contributed by atoms with E-state index in [1.54, 1.807) is 4.31 Å². The first-order chi connectivity index (χ1) is 9.91. The van der Waals surface area contributed by atoms with Gasteiger partial charge in [0.05, 0.1) is 4.90 Å². The molecule has 1 unspecified atom stereocenters. The predicted octanol–water partition coefficient (Wildman–Crippen LogP) is 2.59. The Kier molecular flexibility index (Phi) is 5.07. The molecule has 0 saturated carbocycles. The molecule has 118 valence electrons. The molecule has 0 radical (unpaired) electrons. The van der Waals surface area contributed by atoms with Crippen molar-refractivity contribution in [2.24, 2.45) is 0 Å². The number of benzene rings is 1. The lowest BCUT2D eigenvalue weighted by molar-refractivity contribution is 0.379. The first-order valence-corrected chi connectivity index (χ1v) is 9.12. The van der Waals surface area contributed by atoms with Crippen molar-refractivity contribution in [1.29, 1.82) is 0 Å². The van der Waals surface area contributed by atoms with Gasteiger partial charge in [-0.05, 0) is 62.9 Å². The zero-order valence-electron chi connectivity index (χ0n) is 13.4. The third-order valence-corrected chi connectivity index (χ3v) is 6.52. The normalized spacial score (nSPS) is 20.1. The van der Waals surface area contributed by atoms with E-state index in [1.807, 2.05) is 27.0 Å². The van der Waals surface area contributed by atoms with Gasteiger partial charge in [-0.3, -0.25) is 0 Å². The van der Waals surface area contributed by atoms with Gasteiger partial charge in [0.25, 0.3) is 0 Å². The lowest BCUT2D eigenvalue weighted by Crippen LogP contribution is -2.35. The summed E-state index contributed by atoms with van der Waals surface area (Å²) in [7, 11) is -1.52. The van der Waals surface area contributed by atoms with Gasteiger partial charge in [-0.2, -0.15) is 4.31 Å². The SMILES string of the molecule is CCC1CCCN1S(=O)(=O)c1cc(CNC)cc(C)c1C. The van der Waals surface area contributed by atoms with E-state index in [0.29, 0.717) is 18.0 Å². The molecule has 1 aromatic rings. The van der Waals surface area contributed by atoms with Gasteiger partial charge < -0.3 is 5.32 Å². The van der Waals surface area contributed by atoms with E-state index in [1.165, 1.54) is 0 Å². The van der Waals surface area contributed by atoms with Crippen LogP contribution < -0.4 is 5.32 Å². The van der Waals surface area contributed by atoms with Crippen LogP contribution in [-0.4, -0.2) is 32.4 Å². The number of nitrogens with zero attached hydrogens (tertiary/aromatic N) is 1. The minimum Gasteiger partial charge on any atom is -0.316 e. The summed E-state index contributed by atoms with van der Waals surface area (Å²) in [6.45, 7) is 7.28. The molecule has 1 saturated heterocycles. The molecule has 1 N–H and O–H groups in total. The van der Waals surface area contributed by atoms with Crippen molar-refractivity contribution >= 4 is 10.0 Å². The fourth-order valence-corrected chi connectivity index (χ4v) is 5.25. The van der Waals surface area contributed by atoms with Crippen LogP contribution in [0.4, 0.5) is 0 Å². The van der Waals surface area contributed by atoms with Crippen molar-refractivity contribution in [1.82, 2.24) is 9.62 Å². The van der Waals surface area contributed by atoms with Crippen molar-refractivity contribution in [3.63, 3.8) is 0 Å². The van der Waals surface area contributed by atoms with Crippen molar-refractivity contribution < 1.29 is 8.42 Å². The van der Waals surface area contributed by atoms with Crippen molar-refractivity contribution in [2.75, 3.05) is 13.6 Å². The number of hydrogen-bond acceptors (Lipinski definition) is 3. The summed E-state index contributed by atoms with van der Waals surface area (Å²) < 4.78 is 27.8. The molecule has 1 aliphatic rings. The van der Waals surface area contributed by atoms with Crippen LogP contribution in [0.15, 0.2) is 17.0 Å². The number of rotatable bonds is 5. The molecule has 1 aromatic carbocycles. The Morgan fingerprint density at radius 3 is 2.67 bits per heavy atom. The minimum absolute atomic E-state index is 0.155. The van der Waals surface area contributed by atoms with Gasteiger partial charge in [-0.15, -0.1) is 0 Å². The molecule has 1 aliphatic heterocycles. The Balaban J connectivity index is 2.48. The molecule has 0 aliphatic carbocycles. The number of nitrogens with one attached hydrogen (secondary N) is 1. The maximum atomic E-state index is 13.0. The number of sulfonamides is 1. The molecule has 0 spiro atoms. The maximum Gasteiger partial charge on any atom is 0.243 e. The molecule has 1 fully saturated rings. The Labute approximate surface area is 128 Å². The summed E-state index contributed by atoms with van der Waals surface area (Å²) in [5.41, 5.74) is 2.93. The highest BCUT2D eigenvalue weighted by Crippen LogP contribution is 2.30. The third kappa shape index (κ3) is 3.15. The highest BCUT2D eigenvalue weighted by Gasteiger charge is 2.35. The van der Waals surface area contributed by atoms with Crippen molar-refractivity contribution in [2.45, 2.75) is 57.5 Å². The van der Waals surface area contributed by atoms with E-state index in [0.717, 1.165) is 36.0 Å². The highest BCUT2D eigenvalue weighted by atomic mass is 32.2. The second-order valence-corrected chi connectivity index (χ2v) is 7.75. The van der Waals surface area contributed by atoms with E-state index in [4.69, 9.17) is 0 Å². The fourth-order valence-electron chi connectivity index (χ4n) is 3.13. The van der Waals surface area contributed by atoms with Gasteiger partial charge in [0, 0.05) is 19.1 Å². The van der Waals surface area contributed by atoms with Crippen LogP contribution in [-0.2, 0) is 16.6 Å². The first-order valence-electron chi connectivity index (χ1n) is 7.68. The Morgan fingerprint density at radius 1 is 1.33 bits per heavy atom. The molecule has 21 heavy (non-hydrogen) atoms. The summed E-state index contributed by atoms with van der Waals surface area (Å²) in [5, 5.41) is 3.09. The monoisotopic (exact) mass is 310 g/mol. The molecule has 0 bridgehead atoms. The zero-order chi connectivity index (χ0) is 15.6. The summed E-state index contributed by atoms with van der Waals surface area (Å²) in [5.74, 6) is 0. The van der Waals surface area contributed by atoms with Gasteiger partial charge in [0.2, 0.25) is 10.0 Å². The first kappa shape index (κ1) is 16.5. The van der Waals surface area contributed by atoms with Gasteiger partial charge in [-0.25, -0.2) is 8.42 Å². The average Bonchev–Trinajstić information content (AvgIpc) is 2.92. The molecule has 0 aromatic heterocycles. The summed E-state index contributed by atoms with van der Waals surface area (Å²) in [4.78, 5) is 0.480. The van der Waals surface area contributed by atoms with Gasteiger partial charge >= 0.3 is 0 Å². The van der Waals surface area contributed by atoms with Crippen LogP contribution in [0.2, 0.25) is 0 Å². The molecule has 1 heterocycles. The lowest BCUT2D eigenvalue weighted by atomic mass is 10.1. The molecular formula is C16H26N2O2S. The quantitative estimate of drug-likeness (QED) is 0.909. The fraction of sp³-hybridized carbons (Fsp3) is 0.625. The van der Waals surface area contributed by atoms with Crippen LogP contribution >= 0.6 is 0 Å². The van der Waals surface area contributed by atoms with Crippen LogP contribution in [0, 0.1) is 13.8 Å². The topological polar surface area (TPSA) is 49.4 Å². The molecule has 4 nitrogen and oxygen atoms in total. The van der Waals surface area contributed by atoms with Crippen LogP contribution in [0.25, 0.3) is 0 Å². The van der Waals surface area contributed by atoms with Gasteiger partial charge in [0.1, 0.15) is 0 Å². The van der Waals surface area contributed by atoms with E-state index < -0.39 is 10.0 Å². The predicted molar refractivity (Wildman–Crippen MR) is 85.9 cm³/mol. The van der Waals surface area contributed by atoms with E-state index in [2.05, 4.69) is 18.3 Å². The van der Waals surface area contributed by atoms with Crippen LogP contribution in [0.5, 0.6) is 0 Å². The second kappa shape index (κ2) is 6.46. The smallest absolute Gasteiger partial charge is 0.243 e. The van der Waals surface area contributed by atoms with E-state index >= 15 is 0 Å². The van der Waals surface area contributed by atoms with E-state index in [-0.39, 0.29) is 6.04 Å². The van der Waals surface area contributed by atoms with Gasteiger partial charge in [0.15, 0.2) is 0 Å². The maximum absolute atomic E-state index is 13.0. The molecular weight excluding hydrogens is 284 g/mol. The minimum atomic E-state index is -3.39. The number of hydrogen-bond donors (Lipinski definition) is 1. The van der Waals surface area contributed by atoms with Gasteiger partial charge in [-0.1, -0.05) is 13.0 Å². The zero-order valence-corrected chi connectivity index (χ0v) is 14.3. The van der Waals surface area contributed by atoms with Crippen LogP contribution in [0.1, 0.15) is 42.9 Å². The molecule has 1 atom stereocenters. The van der Waals surface area contributed by atoms with E-state index in [9.17, 15) is 8.42 Å². The Bertz CT molecular complexity index is 611. The van der Waals surface area contributed by atoms with Crippen molar-refractivity contribution in [3.8, 4) is 0 Å². The van der Waals surface area contributed by atoms with Crippen molar-refractivity contribution in [3.05, 3.63) is 28.8 Å². The molecule has 5 heteroatoms. The summed E-state index contributed by atoms with van der Waals surface area (Å²) in [6, 6.07) is 4.05. The highest BCUT2D eigenvalue weighted by molar-refractivity contribution is 7.89. The lowest BCUT2D eigenvalue weighted by Gasteiger charge is -2.24. The second-order valence-electron chi connectivity index (χ2n) is 5.89. The molecule has 2 rings (SSSR count). The standard InChI is InChI=1S/C16H26N2O2S/c1-5-15-7-6-8-18(15)21(19,20)16-10-14(11-17-4)9-12(2)13(16)3/h9-10,15,17H,5-8,11H2,1-4H3.